The lowest BCUT2D eigenvalue weighted by Gasteiger charge is -2.10. The number of nitrogens with zero attached hydrogens (tertiary/aromatic N) is 4. The molecule has 0 saturated carbocycles. The Balaban J connectivity index is 1.75. The molecule has 29 heavy (non-hydrogen) atoms. The molecule has 0 unspecified atom stereocenters. The van der Waals surface area contributed by atoms with Crippen LogP contribution in [0.1, 0.15) is 17.0 Å². The average Bonchev–Trinajstić information content (AvgIpc) is 3.06. The highest BCUT2D eigenvalue weighted by Crippen LogP contribution is 2.29. The number of nitro benzene ring substituents is 1. The number of methoxy groups -OCH3 is 1. The van der Waals surface area contributed by atoms with Crippen LogP contribution in [0.25, 0.3) is 16.7 Å². The first-order valence-corrected chi connectivity index (χ1v) is 8.87. The second-order valence-electron chi connectivity index (χ2n) is 6.58. The number of halogens is 1. The van der Waals surface area contributed by atoms with E-state index in [4.69, 9.17) is 4.74 Å². The van der Waals surface area contributed by atoms with Crippen molar-refractivity contribution in [2.45, 2.75) is 13.3 Å². The Labute approximate surface area is 165 Å². The number of para-hydroxylation sites is 1. The summed E-state index contributed by atoms with van der Waals surface area (Å²) in [5, 5.41) is 12.2. The van der Waals surface area contributed by atoms with Gasteiger partial charge in [-0.15, -0.1) is 0 Å². The molecule has 0 fully saturated rings. The van der Waals surface area contributed by atoms with Crippen molar-refractivity contribution in [3.63, 3.8) is 0 Å². The molecule has 4 aromatic rings. The summed E-state index contributed by atoms with van der Waals surface area (Å²) in [7, 11) is 1.39. The van der Waals surface area contributed by atoms with Gasteiger partial charge in [-0.2, -0.15) is 4.39 Å². The third kappa shape index (κ3) is 3.40. The molecule has 146 valence electrons. The van der Waals surface area contributed by atoms with Crippen molar-refractivity contribution >= 4 is 16.6 Å². The maximum atomic E-state index is 13.9. The molecule has 0 spiro atoms. The zero-order valence-corrected chi connectivity index (χ0v) is 15.8. The molecule has 2 aromatic heterocycles. The van der Waals surface area contributed by atoms with Crippen LogP contribution in [0.15, 0.2) is 54.9 Å². The van der Waals surface area contributed by atoms with Crippen LogP contribution in [0.5, 0.6) is 5.75 Å². The number of fused-ring (bicyclic) bond motifs is 1. The van der Waals surface area contributed by atoms with Crippen LogP contribution >= 0.6 is 0 Å². The van der Waals surface area contributed by atoms with Crippen LogP contribution in [0.3, 0.4) is 0 Å². The van der Waals surface area contributed by atoms with Gasteiger partial charge in [0.2, 0.25) is 5.82 Å². The van der Waals surface area contributed by atoms with Crippen LogP contribution in [-0.2, 0) is 6.42 Å². The topological polar surface area (TPSA) is 83.1 Å². The zero-order valence-electron chi connectivity index (χ0n) is 15.8. The predicted octanol–water partition coefficient (Wildman–Crippen LogP) is 4.38. The van der Waals surface area contributed by atoms with Crippen molar-refractivity contribution < 1.29 is 14.1 Å². The lowest BCUT2D eigenvalue weighted by molar-refractivity contribution is -0.387. The van der Waals surface area contributed by atoms with E-state index in [2.05, 4.69) is 9.97 Å². The molecule has 0 radical (unpaired) electrons. The lowest BCUT2D eigenvalue weighted by Crippen LogP contribution is -2.04. The first-order chi connectivity index (χ1) is 14.0. The molecule has 8 heteroatoms. The summed E-state index contributed by atoms with van der Waals surface area (Å²) >= 11 is 0. The number of aromatic nitrogens is 3. The minimum Gasteiger partial charge on any atom is -0.496 e. The zero-order chi connectivity index (χ0) is 20.5. The van der Waals surface area contributed by atoms with Gasteiger partial charge in [0.1, 0.15) is 17.4 Å². The van der Waals surface area contributed by atoms with Gasteiger partial charge in [-0.05, 0) is 24.6 Å². The van der Waals surface area contributed by atoms with Crippen LogP contribution < -0.4 is 4.74 Å². The van der Waals surface area contributed by atoms with E-state index in [1.165, 1.54) is 13.2 Å². The summed E-state index contributed by atoms with van der Waals surface area (Å²) in [6.45, 7) is 2.03. The Hall–Kier alpha value is -3.81. The second-order valence-corrected chi connectivity index (χ2v) is 6.58. The van der Waals surface area contributed by atoms with Gasteiger partial charge in [0.15, 0.2) is 0 Å². The summed E-state index contributed by atoms with van der Waals surface area (Å²) in [6.07, 6.45) is 3.79. The molecule has 0 saturated heterocycles. The van der Waals surface area contributed by atoms with E-state index in [1.54, 1.807) is 12.3 Å². The van der Waals surface area contributed by atoms with E-state index in [1.807, 2.05) is 42.0 Å². The summed E-state index contributed by atoms with van der Waals surface area (Å²) in [5.74, 6) is 0.385. The van der Waals surface area contributed by atoms with Crippen molar-refractivity contribution in [2.24, 2.45) is 0 Å². The standard InChI is InChI=1S/C21H17FN4O3/c1-13-12-25(17-6-4-3-5-15(13)17)21-7-8-23-20(24-21)10-14-9-18(26(27)28)16(22)11-19(14)29-2/h3-9,11-12H,10H2,1-2H3. The molecule has 2 heterocycles. The molecule has 0 aliphatic heterocycles. The van der Waals surface area contributed by atoms with Gasteiger partial charge in [-0.1, -0.05) is 18.2 Å². The normalized spacial score (nSPS) is 11.0. The van der Waals surface area contributed by atoms with Gasteiger partial charge in [-0.3, -0.25) is 10.1 Å². The number of ether oxygens (including phenoxy) is 1. The summed E-state index contributed by atoms with van der Waals surface area (Å²) in [4.78, 5) is 19.2. The fraction of sp³-hybridized carbons (Fsp3) is 0.143. The fourth-order valence-electron chi connectivity index (χ4n) is 3.37. The third-order valence-corrected chi connectivity index (χ3v) is 4.74. The Bertz CT molecular complexity index is 1240. The summed E-state index contributed by atoms with van der Waals surface area (Å²) in [6, 6.07) is 12.0. The highest BCUT2D eigenvalue weighted by Gasteiger charge is 2.20. The number of hydrogen-bond acceptors (Lipinski definition) is 5. The molecule has 4 rings (SSSR count). The number of rotatable bonds is 5. The first kappa shape index (κ1) is 18.5. The molecule has 0 N–H and O–H groups in total. The molecule has 0 aliphatic rings. The van der Waals surface area contributed by atoms with Crippen molar-refractivity contribution in [1.29, 1.82) is 0 Å². The largest absolute Gasteiger partial charge is 0.496 e. The quantitative estimate of drug-likeness (QED) is 0.372. The van der Waals surface area contributed by atoms with Crippen molar-refractivity contribution in [1.82, 2.24) is 14.5 Å². The Kier molecular flexibility index (Phi) is 4.67. The molecule has 0 amide bonds. The van der Waals surface area contributed by atoms with E-state index in [0.717, 1.165) is 22.5 Å². The van der Waals surface area contributed by atoms with Gasteiger partial charge in [0.25, 0.3) is 0 Å². The third-order valence-electron chi connectivity index (χ3n) is 4.74. The van der Waals surface area contributed by atoms with E-state index < -0.39 is 16.4 Å². The summed E-state index contributed by atoms with van der Waals surface area (Å²) in [5.41, 5.74) is 1.97. The average molecular weight is 392 g/mol. The number of benzene rings is 2. The van der Waals surface area contributed by atoms with Gasteiger partial charge in [-0.25, -0.2) is 9.97 Å². The molecule has 0 atom stereocenters. The predicted molar refractivity (Wildman–Crippen MR) is 106 cm³/mol. The number of hydrogen-bond donors (Lipinski definition) is 0. The maximum Gasteiger partial charge on any atom is 0.305 e. The van der Waals surface area contributed by atoms with E-state index in [9.17, 15) is 14.5 Å². The van der Waals surface area contributed by atoms with Gasteiger partial charge in [0.05, 0.1) is 17.5 Å². The van der Waals surface area contributed by atoms with E-state index >= 15 is 0 Å². The molecule has 2 aromatic carbocycles. The van der Waals surface area contributed by atoms with Crippen LogP contribution in [-0.4, -0.2) is 26.6 Å². The molecular weight excluding hydrogens is 375 g/mol. The molecule has 0 bridgehead atoms. The van der Waals surface area contributed by atoms with E-state index in [0.29, 0.717) is 17.2 Å². The first-order valence-electron chi connectivity index (χ1n) is 8.87. The minimum absolute atomic E-state index is 0.163. The Morgan fingerprint density at radius 1 is 1.24 bits per heavy atom. The Morgan fingerprint density at radius 2 is 2.03 bits per heavy atom. The SMILES string of the molecule is COc1cc(F)c([N+](=O)[O-])cc1Cc1nccc(-n2cc(C)c3ccccc32)n1. The van der Waals surface area contributed by atoms with Crippen molar-refractivity contribution in [3.8, 4) is 11.6 Å². The highest BCUT2D eigenvalue weighted by molar-refractivity contribution is 5.85. The van der Waals surface area contributed by atoms with E-state index in [-0.39, 0.29) is 12.2 Å². The fourth-order valence-corrected chi connectivity index (χ4v) is 3.37. The Morgan fingerprint density at radius 3 is 2.79 bits per heavy atom. The van der Waals surface area contributed by atoms with Crippen LogP contribution in [0.2, 0.25) is 0 Å². The van der Waals surface area contributed by atoms with Crippen LogP contribution in [0, 0.1) is 22.9 Å². The van der Waals surface area contributed by atoms with Crippen LogP contribution in [0.4, 0.5) is 10.1 Å². The number of aryl methyl sites for hydroxylation is 1. The smallest absolute Gasteiger partial charge is 0.305 e. The maximum absolute atomic E-state index is 13.9. The highest BCUT2D eigenvalue weighted by atomic mass is 19.1. The van der Waals surface area contributed by atoms with Gasteiger partial charge < -0.3 is 9.30 Å². The number of nitro groups is 1. The van der Waals surface area contributed by atoms with Gasteiger partial charge in [0, 0.05) is 41.9 Å². The van der Waals surface area contributed by atoms with Gasteiger partial charge >= 0.3 is 5.69 Å². The molecule has 0 aliphatic carbocycles. The molecule has 7 nitrogen and oxygen atoms in total. The minimum atomic E-state index is -0.945. The second kappa shape index (κ2) is 7.31. The molecular formula is C21H17FN4O3. The lowest BCUT2D eigenvalue weighted by atomic mass is 10.1. The summed E-state index contributed by atoms with van der Waals surface area (Å²) < 4.78 is 21.0. The monoisotopic (exact) mass is 392 g/mol. The van der Waals surface area contributed by atoms with Crippen molar-refractivity contribution in [2.75, 3.05) is 7.11 Å². The van der Waals surface area contributed by atoms with Crippen molar-refractivity contribution in [3.05, 3.63) is 87.7 Å².